The first-order valence-corrected chi connectivity index (χ1v) is 5.10. The zero-order valence-electron chi connectivity index (χ0n) is 9.62. The molecule has 0 N–H and O–H groups in total. The highest BCUT2D eigenvalue weighted by Gasteiger charge is 2.15. The first kappa shape index (κ1) is 11.2. The average Bonchev–Trinajstić information content (AvgIpc) is 2.14. The fourth-order valence-electron chi connectivity index (χ4n) is 1.18. The lowest BCUT2D eigenvalue weighted by atomic mass is 10.1. The van der Waals surface area contributed by atoms with Gasteiger partial charge in [-0.15, -0.1) is 0 Å². The molecule has 0 aliphatic heterocycles. The topological polar surface area (TPSA) is 16.1 Å². The van der Waals surface area contributed by atoms with Gasteiger partial charge in [0.05, 0.1) is 0 Å². The van der Waals surface area contributed by atoms with Crippen molar-refractivity contribution < 1.29 is 0 Å². The van der Waals surface area contributed by atoms with Crippen LogP contribution in [0.15, 0.2) is 24.5 Å². The Bertz CT molecular complexity index is 261. The van der Waals surface area contributed by atoms with Crippen molar-refractivity contribution >= 4 is 0 Å². The largest absolute Gasteiger partial charge is 0.301 e. The number of hydrogen-bond acceptors (Lipinski definition) is 2. The van der Waals surface area contributed by atoms with Crippen LogP contribution in [-0.4, -0.2) is 29.0 Å². The Morgan fingerprint density at radius 3 is 2.57 bits per heavy atom. The van der Waals surface area contributed by atoms with Crippen molar-refractivity contribution in [3.05, 3.63) is 30.1 Å². The second kappa shape index (κ2) is 4.56. The molecule has 0 unspecified atom stereocenters. The van der Waals surface area contributed by atoms with E-state index in [-0.39, 0.29) is 5.54 Å². The number of hydrogen-bond donors (Lipinski definition) is 0. The first-order chi connectivity index (χ1) is 6.50. The maximum atomic E-state index is 4.11. The summed E-state index contributed by atoms with van der Waals surface area (Å²) in [5.74, 6) is 0. The molecule has 1 aromatic heterocycles. The summed E-state index contributed by atoms with van der Waals surface area (Å²) in [6.07, 6.45) is 4.83. The smallest absolute Gasteiger partial charge is 0.0300 e. The second-order valence-electron chi connectivity index (χ2n) is 4.70. The lowest BCUT2D eigenvalue weighted by molar-refractivity contribution is 0.178. The van der Waals surface area contributed by atoms with Crippen molar-refractivity contribution in [3.63, 3.8) is 0 Å². The molecule has 0 aliphatic rings. The standard InChI is InChI=1S/C12H20N2/c1-12(2,3)14(4)9-7-11-6-5-8-13-10-11/h5-6,8,10H,7,9H2,1-4H3. The lowest BCUT2D eigenvalue weighted by Gasteiger charge is -2.31. The molecule has 1 rings (SSSR count). The Kier molecular flexibility index (Phi) is 3.64. The molecular weight excluding hydrogens is 172 g/mol. The van der Waals surface area contributed by atoms with Gasteiger partial charge in [0.1, 0.15) is 0 Å². The van der Waals surface area contributed by atoms with Crippen LogP contribution in [0.2, 0.25) is 0 Å². The number of nitrogens with zero attached hydrogens (tertiary/aromatic N) is 2. The number of rotatable bonds is 3. The molecule has 78 valence electrons. The van der Waals surface area contributed by atoms with Crippen LogP contribution in [0, 0.1) is 0 Å². The zero-order valence-corrected chi connectivity index (χ0v) is 9.62. The molecule has 0 atom stereocenters. The summed E-state index contributed by atoms with van der Waals surface area (Å²) >= 11 is 0. The Morgan fingerprint density at radius 2 is 2.07 bits per heavy atom. The SMILES string of the molecule is CN(CCc1cccnc1)C(C)(C)C. The van der Waals surface area contributed by atoms with Crippen molar-refractivity contribution in [2.24, 2.45) is 0 Å². The lowest BCUT2D eigenvalue weighted by Crippen LogP contribution is -2.39. The molecule has 0 saturated heterocycles. The Morgan fingerprint density at radius 1 is 1.36 bits per heavy atom. The van der Waals surface area contributed by atoms with Crippen LogP contribution in [-0.2, 0) is 6.42 Å². The minimum Gasteiger partial charge on any atom is -0.301 e. The van der Waals surface area contributed by atoms with Gasteiger partial charge in [-0.25, -0.2) is 0 Å². The van der Waals surface area contributed by atoms with Gasteiger partial charge < -0.3 is 4.90 Å². The molecule has 14 heavy (non-hydrogen) atoms. The van der Waals surface area contributed by atoms with Gasteiger partial charge in [-0.3, -0.25) is 4.98 Å². The van der Waals surface area contributed by atoms with E-state index < -0.39 is 0 Å². The number of pyridine rings is 1. The van der Waals surface area contributed by atoms with Crippen molar-refractivity contribution in [2.45, 2.75) is 32.7 Å². The normalized spacial score (nSPS) is 12.1. The zero-order chi connectivity index (χ0) is 10.6. The second-order valence-corrected chi connectivity index (χ2v) is 4.70. The molecule has 0 radical (unpaired) electrons. The maximum Gasteiger partial charge on any atom is 0.0300 e. The van der Waals surface area contributed by atoms with Crippen molar-refractivity contribution in [2.75, 3.05) is 13.6 Å². The molecule has 0 bridgehead atoms. The number of likely N-dealkylation sites (N-methyl/N-ethyl adjacent to an activating group) is 1. The van der Waals surface area contributed by atoms with Crippen molar-refractivity contribution in [1.29, 1.82) is 0 Å². The van der Waals surface area contributed by atoms with Gasteiger partial charge in [-0.05, 0) is 45.9 Å². The van der Waals surface area contributed by atoms with Gasteiger partial charge in [-0.1, -0.05) is 6.07 Å². The molecule has 0 fully saturated rings. The van der Waals surface area contributed by atoms with Gasteiger partial charge in [0.25, 0.3) is 0 Å². The van der Waals surface area contributed by atoms with E-state index in [1.54, 1.807) is 0 Å². The summed E-state index contributed by atoms with van der Waals surface area (Å²) in [5.41, 5.74) is 1.56. The maximum absolute atomic E-state index is 4.11. The fraction of sp³-hybridized carbons (Fsp3) is 0.583. The van der Waals surface area contributed by atoms with Crippen LogP contribution in [0.4, 0.5) is 0 Å². The summed E-state index contributed by atoms with van der Waals surface area (Å²) in [5, 5.41) is 0. The van der Waals surface area contributed by atoms with Gasteiger partial charge in [-0.2, -0.15) is 0 Å². The minimum atomic E-state index is 0.252. The van der Waals surface area contributed by atoms with Crippen LogP contribution >= 0.6 is 0 Å². The Balaban J connectivity index is 2.42. The van der Waals surface area contributed by atoms with E-state index in [9.17, 15) is 0 Å². The minimum absolute atomic E-state index is 0.252. The number of aromatic nitrogens is 1. The molecule has 1 heterocycles. The quantitative estimate of drug-likeness (QED) is 0.731. The fourth-order valence-corrected chi connectivity index (χ4v) is 1.18. The van der Waals surface area contributed by atoms with Crippen LogP contribution in [0.25, 0.3) is 0 Å². The molecule has 0 amide bonds. The van der Waals surface area contributed by atoms with Gasteiger partial charge >= 0.3 is 0 Å². The van der Waals surface area contributed by atoms with E-state index in [1.165, 1.54) is 5.56 Å². The van der Waals surface area contributed by atoms with Crippen LogP contribution < -0.4 is 0 Å². The summed E-state index contributed by atoms with van der Waals surface area (Å²) in [4.78, 5) is 6.47. The van der Waals surface area contributed by atoms with Crippen LogP contribution in [0.5, 0.6) is 0 Å². The molecule has 1 aromatic rings. The highest BCUT2D eigenvalue weighted by atomic mass is 15.1. The molecule has 2 heteroatoms. The summed E-state index contributed by atoms with van der Waals surface area (Å²) in [7, 11) is 2.16. The molecular formula is C12H20N2. The summed E-state index contributed by atoms with van der Waals surface area (Å²) < 4.78 is 0. The van der Waals surface area contributed by atoms with Crippen LogP contribution in [0.1, 0.15) is 26.3 Å². The summed E-state index contributed by atoms with van der Waals surface area (Å²) in [6.45, 7) is 7.78. The van der Waals surface area contributed by atoms with E-state index in [0.29, 0.717) is 0 Å². The predicted octanol–water partition coefficient (Wildman–Crippen LogP) is 2.35. The average molecular weight is 192 g/mol. The van der Waals surface area contributed by atoms with E-state index in [1.807, 2.05) is 18.5 Å². The van der Waals surface area contributed by atoms with E-state index in [0.717, 1.165) is 13.0 Å². The third-order valence-corrected chi connectivity index (χ3v) is 2.60. The summed E-state index contributed by atoms with van der Waals surface area (Å²) in [6, 6.07) is 4.12. The van der Waals surface area contributed by atoms with E-state index in [4.69, 9.17) is 0 Å². The van der Waals surface area contributed by atoms with E-state index in [2.05, 4.69) is 43.8 Å². The Hall–Kier alpha value is -0.890. The molecule has 0 saturated carbocycles. The highest BCUT2D eigenvalue weighted by Crippen LogP contribution is 2.10. The van der Waals surface area contributed by atoms with Gasteiger partial charge in [0.2, 0.25) is 0 Å². The molecule has 0 spiro atoms. The first-order valence-electron chi connectivity index (χ1n) is 5.10. The van der Waals surface area contributed by atoms with Gasteiger partial charge in [0.15, 0.2) is 0 Å². The highest BCUT2D eigenvalue weighted by molar-refractivity contribution is 5.08. The van der Waals surface area contributed by atoms with Gasteiger partial charge in [0, 0.05) is 24.5 Å². The molecule has 0 aromatic carbocycles. The van der Waals surface area contributed by atoms with Crippen LogP contribution in [0.3, 0.4) is 0 Å². The van der Waals surface area contributed by atoms with Crippen molar-refractivity contribution in [3.8, 4) is 0 Å². The van der Waals surface area contributed by atoms with E-state index >= 15 is 0 Å². The monoisotopic (exact) mass is 192 g/mol. The third kappa shape index (κ3) is 3.46. The third-order valence-electron chi connectivity index (χ3n) is 2.60. The Labute approximate surface area is 87.0 Å². The van der Waals surface area contributed by atoms with Crippen molar-refractivity contribution in [1.82, 2.24) is 9.88 Å². The predicted molar refractivity (Wildman–Crippen MR) is 60.3 cm³/mol. The molecule has 2 nitrogen and oxygen atoms in total. The molecule has 0 aliphatic carbocycles.